The number of guanidine groups is 1. The molecule has 1 rings (SSSR count). The van der Waals surface area contributed by atoms with E-state index < -0.39 is 15.7 Å². The van der Waals surface area contributed by atoms with Crippen LogP contribution in [0.25, 0.3) is 0 Å². The lowest BCUT2D eigenvalue weighted by molar-refractivity contribution is -0.128. The number of benzene rings is 1. The summed E-state index contributed by atoms with van der Waals surface area (Å²) < 4.78 is 36.6. The van der Waals surface area contributed by atoms with Crippen LogP contribution in [0.15, 0.2) is 23.2 Å². The van der Waals surface area contributed by atoms with E-state index in [1.54, 1.807) is 14.1 Å². The molecule has 0 radical (unpaired) electrons. The van der Waals surface area contributed by atoms with Gasteiger partial charge in [0.1, 0.15) is 5.82 Å². The molecule has 0 atom stereocenters. The second-order valence-electron chi connectivity index (χ2n) is 6.14. The predicted molar refractivity (Wildman–Crippen MR) is 101 cm³/mol. The number of amides is 1. The van der Waals surface area contributed by atoms with Crippen LogP contribution in [0.5, 0.6) is 0 Å². The van der Waals surface area contributed by atoms with Gasteiger partial charge in [0.25, 0.3) is 0 Å². The van der Waals surface area contributed by atoms with Gasteiger partial charge in [0, 0.05) is 39.9 Å². The Morgan fingerprint density at radius 2 is 1.92 bits per heavy atom. The fourth-order valence-electron chi connectivity index (χ4n) is 2.18. The third kappa shape index (κ3) is 8.28. The van der Waals surface area contributed by atoms with Gasteiger partial charge in [-0.25, -0.2) is 17.8 Å². The van der Waals surface area contributed by atoms with Gasteiger partial charge in [0.05, 0.1) is 12.3 Å². The smallest absolute Gasteiger partial charge is 0.223 e. The zero-order chi connectivity index (χ0) is 19.7. The minimum Gasteiger partial charge on any atom is -0.357 e. The van der Waals surface area contributed by atoms with Crippen LogP contribution in [0.4, 0.5) is 4.39 Å². The van der Waals surface area contributed by atoms with E-state index in [0.717, 1.165) is 6.26 Å². The molecule has 0 aliphatic heterocycles. The molecule has 0 fully saturated rings. The zero-order valence-electron chi connectivity index (χ0n) is 15.7. The van der Waals surface area contributed by atoms with Crippen LogP contribution in [-0.4, -0.2) is 58.6 Å². The van der Waals surface area contributed by atoms with Crippen molar-refractivity contribution in [2.75, 3.05) is 33.4 Å². The Labute approximate surface area is 154 Å². The number of nitrogens with zero attached hydrogens (tertiary/aromatic N) is 2. The Balaban J connectivity index is 2.85. The number of halogens is 1. The maximum absolute atomic E-state index is 13.5. The van der Waals surface area contributed by atoms with Crippen molar-refractivity contribution in [2.45, 2.75) is 25.6 Å². The topological polar surface area (TPSA) is 90.9 Å². The highest BCUT2D eigenvalue weighted by molar-refractivity contribution is 7.89. The number of carbonyl (C=O) groups excluding carboxylic acids is 1. The molecule has 9 heteroatoms. The van der Waals surface area contributed by atoms with Crippen LogP contribution < -0.4 is 10.6 Å². The second-order valence-corrected chi connectivity index (χ2v) is 8.28. The van der Waals surface area contributed by atoms with Gasteiger partial charge in [-0.3, -0.25) is 4.79 Å². The van der Waals surface area contributed by atoms with E-state index in [1.165, 1.54) is 23.1 Å². The Hall–Kier alpha value is -2.16. The summed E-state index contributed by atoms with van der Waals surface area (Å²) in [7, 11) is 0.141. The van der Waals surface area contributed by atoms with Crippen LogP contribution in [-0.2, 0) is 26.9 Å². The number of hydrogen-bond donors (Lipinski definition) is 2. The van der Waals surface area contributed by atoms with Gasteiger partial charge < -0.3 is 15.5 Å². The van der Waals surface area contributed by atoms with Crippen LogP contribution in [0.2, 0.25) is 0 Å². The molecule has 0 aliphatic rings. The number of carbonyl (C=O) groups is 1. The first-order chi connectivity index (χ1) is 12.1. The average Bonchev–Trinajstić information content (AvgIpc) is 2.53. The van der Waals surface area contributed by atoms with Crippen LogP contribution in [0.1, 0.15) is 24.5 Å². The summed E-state index contributed by atoms with van der Waals surface area (Å²) in [6.07, 6.45) is 1.45. The minimum absolute atomic E-state index is 0.00563. The molecule has 0 spiro atoms. The second kappa shape index (κ2) is 10.1. The van der Waals surface area contributed by atoms with Crippen molar-refractivity contribution in [3.63, 3.8) is 0 Å². The highest BCUT2D eigenvalue weighted by atomic mass is 32.2. The van der Waals surface area contributed by atoms with Gasteiger partial charge in [-0.15, -0.1) is 0 Å². The van der Waals surface area contributed by atoms with Gasteiger partial charge in [-0.2, -0.15) is 0 Å². The first-order valence-electron chi connectivity index (χ1n) is 8.29. The van der Waals surface area contributed by atoms with Crippen LogP contribution >= 0.6 is 0 Å². The summed E-state index contributed by atoms with van der Waals surface area (Å²) in [5.41, 5.74) is 1.04. The Kier molecular flexibility index (Phi) is 8.50. The van der Waals surface area contributed by atoms with Gasteiger partial charge in [0.2, 0.25) is 5.91 Å². The molecule has 0 heterocycles. The fourth-order valence-corrected chi connectivity index (χ4v) is 3.03. The largest absolute Gasteiger partial charge is 0.357 e. The van der Waals surface area contributed by atoms with Gasteiger partial charge >= 0.3 is 0 Å². The number of nitrogens with one attached hydrogen (secondary N) is 2. The maximum Gasteiger partial charge on any atom is 0.223 e. The summed E-state index contributed by atoms with van der Waals surface area (Å²) in [5.74, 6) is -0.135. The molecule has 0 bridgehead atoms. The highest BCUT2D eigenvalue weighted by Crippen LogP contribution is 2.15. The van der Waals surface area contributed by atoms with Crippen molar-refractivity contribution >= 4 is 21.7 Å². The number of sulfone groups is 1. The lowest BCUT2D eigenvalue weighted by Crippen LogP contribution is -2.39. The summed E-state index contributed by atoms with van der Waals surface area (Å²) >= 11 is 0. The lowest BCUT2D eigenvalue weighted by Gasteiger charge is -2.14. The molecular weight excluding hydrogens is 359 g/mol. The molecule has 0 saturated carbocycles. The molecule has 0 unspecified atom stereocenters. The summed E-state index contributed by atoms with van der Waals surface area (Å²) in [4.78, 5) is 17.5. The van der Waals surface area contributed by atoms with Gasteiger partial charge in [-0.05, 0) is 30.2 Å². The van der Waals surface area contributed by atoms with Crippen molar-refractivity contribution in [3.8, 4) is 0 Å². The van der Waals surface area contributed by atoms with Crippen molar-refractivity contribution in [1.82, 2.24) is 15.5 Å². The van der Waals surface area contributed by atoms with E-state index in [0.29, 0.717) is 36.6 Å². The van der Waals surface area contributed by atoms with E-state index in [-0.39, 0.29) is 18.2 Å². The first kappa shape index (κ1) is 21.9. The number of hydrogen-bond acceptors (Lipinski definition) is 4. The zero-order valence-corrected chi connectivity index (χ0v) is 16.5. The monoisotopic (exact) mass is 386 g/mol. The van der Waals surface area contributed by atoms with Crippen molar-refractivity contribution < 1.29 is 17.6 Å². The minimum atomic E-state index is -3.24. The van der Waals surface area contributed by atoms with Crippen LogP contribution in [0, 0.1) is 5.82 Å². The van der Waals surface area contributed by atoms with Crippen molar-refractivity contribution in [3.05, 3.63) is 35.1 Å². The Morgan fingerprint density at radius 3 is 2.50 bits per heavy atom. The average molecular weight is 386 g/mol. The molecule has 26 heavy (non-hydrogen) atoms. The van der Waals surface area contributed by atoms with Crippen molar-refractivity contribution in [1.29, 1.82) is 0 Å². The third-order valence-corrected chi connectivity index (χ3v) is 4.30. The molecule has 1 amide bonds. The fraction of sp³-hybridized carbons (Fsp3) is 0.529. The van der Waals surface area contributed by atoms with Crippen molar-refractivity contribution in [2.24, 2.45) is 4.99 Å². The molecule has 1 aromatic carbocycles. The molecular formula is C17H27FN4O3S. The molecule has 0 aliphatic carbocycles. The van der Waals surface area contributed by atoms with E-state index in [9.17, 15) is 17.6 Å². The number of aliphatic imine (C=N–C) groups is 1. The van der Waals surface area contributed by atoms with E-state index in [2.05, 4.69) is 15.6 Å². The Morgan fingerprint density at radius 1 is 1.23 bits per heavy atom. The third-order valence-electron chi connectivity index (χ3n) is 3.47. The van der Waals surface area contributed by atoms with Gasteiger partial charge in [-0.1, -0.05) is 6.07 Å². The van der Waals surface area contributed by atoms with Gasteiger partial charge in [0.15, 0.2) is 15.8 Å². The molecule has 0 aromatic heterocycles. The maximum atomic E-state index is 13.5. The summed E-state index contributed by atoms with van der Waals surface area (Å²) in [6, 6.07) is 4.00. The predicted octanol–water partition coefficient (Wildman–Crippen LogP) is 0.904. The molecule has 1 aromatic rings. The standard InChI is InChI=1S/C17H27FN4O3S/c1-5-19-17(20-9-8-16(23)22(2)3)21-11-14-10-15(18)7-6-13(14)12-26(4,24)25/h6-7,10H,5,8-9,11-12H2,1-4H3,(H2,19,20,21). The quantitative estimate of drug-likeness (QED) is 0.512. The molecule has 2 N–H and O–H groups in total. The van der Waals surface area contributed by atoms with E-state index in [4.69, 9.17) is 0 Å². The van der Waals surface area contributed by atoms with E-state index >= 15 is 0 Å². The van der Waals surface area contributed by atoms with Crippen LogP contribution in [0.3, 0.4) is 0 Å². The molecule has 7 nitrogen and oxygen atoms in total. The molecule has 0 saturated heterocycles. The lowest BCUT2D eigenvalue weighted by atomic mass is 10.1. The highest BCUT2D eigenvalue weighted by Gasteiger charge is 2.11. The number of rotatable bonds is 8. The first-order valence-corrected chi connectivity index (χ1v) is 10.4. The normalized spacial score (nSPS) is 12.0. The summed E-state index contributed by atoms with van der Waals surface area (Å²) in [5, 5.41) is 6.08. The SMILES string of the molecule is CCNC(=NCc1cc(F)ccc1CS(C)(=O)=O)NCCC(=O)N(C)C. The Bertz CT molecular complexity index is 748. The molecule has 146 valence electrons. The summed E-state index contributed by atoms with van der Waals surface area (Å²) in [6.45, 7) is 3.05. The van der Waals surface area contributed by atoms with E-state index in [1.807, 2.05) is 6.92 Å².